The third-order valence-electron chi connectivity index (χ3n) is 3.08. The fraction of sp³-hybridized carbons (Fsp3) is 0.875. The Morgan fingerprint density at radius 2 is 2.25 bits per heavy atom. The second-order valence-electron chi connectivity index (χ2n) is 3.86. The molecule has 3 rings (SSSR count). The third-order valence-corrected chi connectivity index (χ3v) is 3.08. The number of carbonyl (C=O) groups is 1. The summed E-state index contributed by atoms with van der Waals surface area (Å²) in [4.78, 5) is 12.6. The van der Waals surface area contributed by atoms with Gasteiger partial charge in [-0.3, -0.25) is 9.69 Å². The smallest absolute Gasteiger partial charge is 0.324 e. The third kappa shape index (κ3) is 0.710. The average molecular weight is 173 g/mol. The van der Waals surface area contributed by atoms with Crippen LogP contribution in [0.25, 0.3) is 0 Å². The summed E-state index contributed by atoms with van der Waals surface area (Å²) >= 11 is 0. The van der Waals surface area contributed by atoms with Crippen molar-refractivity contribution in [1.29, 1.82) is 0 Å². The Bertz CT molecular complexity index is 235. The van der Waals surface area contributed by atoms with Gasteiger partial charge < -0.3 is 5.11 Å². The summed E-state index contributed by atoms with van der Waals surface area (Å²) in [6.45, 7) is 2.79. The van der Waals surface area contributed by atoms with Crippen LogP contribution in [0.2, 0.25) is 0 Å². The lowest BCUT2D eigenvalue weighted by Gasteiger charge is -2.40. The van der Waals surface area contributed by atoms with Crippen LogP contribution < -0.4 is 0 Å². The van der Waals surface area contributed by atoms with Crippen molar-refractivity contribution >= 4 is 5.97 Å². The lowest BCUT2D eigenvalue weighted by atomic mass is 9.71. The zero-order valence-electron chi connectivity index (χ0n) is 7.01. The summed E-state index contributed by atoms with van der Waals surface area (Å²) in [7, 11) is 0. The summed E-state index contributed by atoms with van der Waals surface area (Å²) in [5.74, 6) is -0.866. The highest BCUT2D eigenvalue weighted by Gasteiger charge is 2.69. The monoisotopic (exact) mass is 173 g/mol. The predicted octanol–water partition coefficient (Wildman–Crippen LogP) is 0.647. The van der Waals surface area contributed by atoms with Crippen LogP contribution >= 0.6 is 0 Å². The maximum atomic E-state index is 13.4. The van der Waals surface area contributed by atoms with Crippen molar-refractivity contribution in [3.63, 3.8) is 0 Å². The van der Waals surface area contributed by atoms with E-state index in [0.717, 1.165) is 0 Å². The van der Waals surface area contributed by atoms with E-state index >= 15 is 0 Å². The van der Waals surface area contributed by atoms with Crippen molar-refractivity contribution in [3.8, 4) is 0 Å². The molecule has 2 saturated heterocycles. The maximum Gasteiger partial charge on any atom is 0.324 e. The Morgan fingerprint density at radius 3 is 2.58 bits per heavy atom. The molecule has 1 aliphatic carbocycles. The SMILES string of the molecule is CCN1CC2(F)CC1(C(=O)O)C2. The van der Waals surface area contributed by atoms with E-state index in [4.69, 9.17) is 5.11 Å². The van der Waals surface area contributed by atoms with E-state index in [1.165, 1.54) is 0 Å². The van der Waals surface area contributed by atoms with Gasteiger partial charge in [-0.05, 0) is 6.54 Å². The second-order valence-corrected chi connectivity index (χ2v) is 3.86. The van der Waals surface area contributed by atoms with E-state index in [0.29, 0.717) is 13.1 Å². The molecular weight excluding hydrogens is 161 g/mol. The normalized spacial score (nSPS) is 45.8. The topological polar surface area (TPSA) is 40.5 Å². The van der Waals surface area contributed by atoms with Crippen LogP contribution in [0.3, 0.4) is 0 Å². The van der Waals surface area contributed by atoms with E-state index in [-0.39, 0.29) is 12.8 Å². The first-order valence-electron chi connectivity index (χ1n) is 4.20. The maximum absolute atomic E-state index is 13.4. The standard InChI is InChI=1S/C8H12FNO2/c1-2-10-5-7(9)3-8(10,4-7)6(11)12/h2-5H2,1H3,(H,11,12). The molecule has 68 valence electrons. The molecular formula is C8H12FNO2. The van der Waals surface area contributed by atoms with Gasteiger partial charge in [-0.1, -0.05) is 6.92 Å². The number of rotatable bonds is 2. The van der Waals surface area contributed by atoms with Gasteiger partial charge in [0, 0.05) is 19.4 Å². The number of nitrogens with zero attached hydrogens (tertiary/aromatic N) is 1. The number of hydrogen-bond donors (Lipinski definition) is 1. The zero-order chi connectivity index (χ0) is 8.98. The van der Waals surface area contributed by atoms with E-state index in [2.05, 4.69) is 0 Å². The molecule has 0 amide bonds. The minimum absolute atomic E-state index is 0.184. The number of likely N-dealkylation sites (N-methyl/N-ethyl adjacent to an activating group) is 1. The average Bonchev–Trinajstić information content (AvgIpc) is 2.36. The summed E-state index contributed by atoms with van der Waals surface area (Å²) in [5.41, 5.74) is -2.06. The Kier molecular flexibility index (Phi) is 1.32. The molecule has 3 aliphatic rings. The molecule has 0 aromatic heterocycles. The molecule has 0 unspecified atom stereocenters. The number of alkyl halides is 1. The van der Waals surface area contributed by atoms with Gasteiger partial charge in [0.1, 0.15) is 11.2 Å². The number of hydrogen-bond acceptors (Lipinski definition) is 2. The molecule has 0 aromatic rings. The molecule has 3 fully saturated rings. The number of fused-ring (bicyclic) bond motifs is 1. The first-order valence-corrected chi connectivity index (χ1v) is 4.20. The highest BCUT2D eigenvalue weighted by molar-refractivity contribution is 5.82. The lowest BCUT2D eigenvalue weighted by molar-refractivity contribution is -0.155. The molecule has 12 heavy (non-hydrogen) atoms. The van der Waals surface area contributed by atoms with E-state index in [1.54, 1.807) is 4.90 Å². The van der Waals surface area contributed by atoms with Gasteiger partial charge in [-0.15, -0.1) is 0 Å². The molecule has 0 aromatic carbocycles. The van der Waals surface area contributed by atoms with Gasteiger partial charge in [0.25, 0.3) is 0 Å². The fourth-order valence-corrected chi connectivity index (χ4v) is 2.53. The van der Waals surface area contributed by atoms with Crippen molar-refractivity contribution in [1.82, 2.24) is 4.90 Å². The van der Waals surface area contributed by atoms with Crippen LogP contribution in [0.1, 0.15) is 19.8 Å². The van der Waals surface area contributed by atoms with Crippen LogP contribution in [0.4, 0.5) is 4.39 Å². The Morgan fingerprint density at radius 1 is 1.67 bits per heavy atom. The van der Waals surface area contributed by atoms with Crippen molar-refractivity contribution < 1.29 is 14.3 Å². The highest BCUT2D eigenvalue weighted by atomic mass is 19.1. The van der Waals surface area contributed by atoms with Crippen LogP contribution in [-0.4, -0.2) is 40.3 Å². The second kappa shape index (κ2) is 1.99. The van der Waals surface area contributed by atoms with Crippen LogP contribution in [0.5, 0.6) is 0 Å². The van der Waals surface area contributed by atoms with Gasteiger partial charge in [0.05, 0.1) is 0 Å². The van der Waals surface area contributed by atoms with E-state index < -0.39 is 17.2 Å². The molecule has 0 spiro atoms. The molecule has 2 aliphatic heterocycles. The lowest BCUT2D eigenvalue weighted by Crippen LogP contribution is -2.56. The Labute approximate surface area is 70.2 Å². The number of aliphatic carboxylic acids is 1. The summed E-state index contributed by atoms with van der Waals surface area (Å²) in [5, 5.41) is 8.92. The highest BCUT2D eigenvalue weighted by Crippen LogP contribution is 2.55. The van der Waals surface area contributed by atoms with Crippen LogP contribution in [0, 0.1) is 0 Å². The van der Waals surface area contributed by atoms with Gasteiger partial charge in [0.15, 0.2) is 0 Å². The van der Waals surface area contributed by atoms with Crippen molar-refractivity contribution in [3.05, 3.63) is 0 Å². The summed E-state index contributed by atoms with van der Waals surface area (Å²) in [6, 6.07) is 0. The molecule has 1 N–H and O–H groups in total. The van der Waals surface area contributed by atoms with Gasteiger partial charge >= 0.3 is 5.97 Å². The summed E-state index contributed by atoms with van der Waals surface area (Å²) in [6.07, 6.45) is 0.367. The molecule has 1 saturated carbocycles. The molecule has 0 atom stereocenters. The summed E-state index contributed by atoms with van der Waals surface area (Å²) < 4.78 is 13.4. The number of carboxylic acids is 1. The van der Waals surface area contributed by atoms with Crippen molar-refractivity contribution in [2.45, 2.75) is 31.0 Å². The number of halogens is 1. The largest absolute Gasteiger partial charge is 0.480 e. The van der Waals surface area contributed by atoms with E-state index in [1.807, 2.05) is 6.92 Å². The number of carboxylic acid groups (broad SMARTS) is 1. The fourth-order valence-electron chi connectivity index (χ4n) is 2.53. The molecule has 2 bridgehead atoms. The Hall–Kier alpha value is -0.640. The van der Waals surface area contributed by atoms with E-state index in [9.17, 15) is 9.18 Å². The van der Waals surface area contributed by atoms with Gasteiger partial charge in [-0.2, -0.15) is 0 Å². The van der Waals surface area contributed by atoms with Gasteiger partial charge in [-0.25, -0.2) is 4.39 Å². The molecule has 4 heteroatoms. The first kappa shape index (κ1) is 7.98. The van der Waals surface area contributed by atoms with Gasteiger partial charge in [0.2, 0.25) is 0 Å². The van der Waals surface area contributed by atoms with Crippen LogP contribution in [0.15, 0.2) is 0 Å². The van der Waals surface area contributed by atoms with Crippen LogP contribution in [-0.2, 0) is 4.79 Å². The van der Waals surface area contributed by atoms with Crippen molar-refractivity contribution in [2.24, 2.45) is 0 Å². The zero-order valence-corrected chi connectivity index (χ0v) is 7.01. The molecule has 0 radical (unpaired) electrons. The van der Waals surface area contributed by atoms with Crippen molar-refractivity contribution in [2.75, 3.05) is 13.1 Å². The molecule has 2 heterocycles. The predicted molar refractivity (Wildman–Crippen MR) is 40.7 cm³/mol. The minimum atomic E-state index is -1.20. The first-order chi connectivity index (χ1) is 5.52. The molecule has 3 nitrogen and oxygen atoms in total. The quantitative estimate of drug-likeness (QED) is 0.666. The minimum Gasteiger partial charge on any atom is -0.480 e. The Balaban J connectivity index is 2.25.